The molecule has 0 fully saturated rings. The van der Waals surface area contributed by atoms with Crippen molar-refractivity contribution < 1.29 is 4.79 Å². The van der Waals surface area contributed by atoms with Crippen molar-refractivity contribution in [3.8, 4) is 0 Å². The van der Waals surface area contributed by atoms with Crippen LogP contribution >= 0.6 is 22.6 Å². The molecule has 1 aromatic heterocycles. The van der Waals surface area contributed by atoms with Crippen LogP contribution in [-0.2, 0) is 6.54 Å². The second kappa shape index (κ2) is 6.52. The van der Waals surface area contributed by atoms with Gasteiger partial charge < -0.3 is 9.88 Å². The summed E-state index contributed by atoms with van der Waals surface area (Å²) in [6.45, 7) is 3.07. The van der Waals surface area contributed by atoms with Gasteiger partial charge in [-0.25, -0.2) is 0 Å². The zero-order chi connectivity index (χ0) is 17.4. The van der Waals surface area contributed by atoms with E-state index < -0.39 is 0 Å². The van der Waals surface area contributed by atoms with Crippen molar-refractivity contribution in [3.05, 3.63) is 75.9 Å². The van der Waals surface area contributed by atoms with Gasteiger partial charge in [0, 0.05) is 37.6 Å². The van der Waals surface area contributed by atoms with E-state index in [1.54, 1.807) is 0 Å². The number of aryl methyl sites for hydroxylation is 1. The van der Waals surface area contributed by atoms with Crippen LogP contribution in [0.1, 0.15) is 17.3 Å². The lowest BCUT2D eigenvalue weighted by Crippen LogP contribution is -2.13. The fourth-order valence-corrected chi connectivity index (χ4v) is 3.95. The Morgan fingerprint density at radius 2 is 1.68 bits per heavy atom. The number of rotatable bonds is 3. The van der Waals surface area contributed by atoms with Gasteiger partial charge in [0.2, 0.25) is 0 Å². The fraction of sp³-hybridized carbons (Fsp3) is 0.0952. The molecule has 0 saturated carbocycles. The van der Waals surface area contributed by atoms with Gasteiger partial charge in [-0.05, 0) is 65.9 Å². The van der Waals surface area contributed by atoms with Gasteiger partial charge in [-0.2, -0.15) is 0 Å². The number of anilines is 1. The molecular formula is C21H17IN2O. The first-order chi connectivity index (χ1) is 12.2. The van der Waals surface area contributed by atoms with Crippen LogP contribution in [0.2, 0.25) is 0 Å². The summed E-state index contributed by atoms with van der Waals surface area (Å²) >= 11 is 2.19. The minimum absolute atomic E-state index is 0.0800. The Kier molecular flexibility index (Phi) is 4.21. The molecule has 3 nitrogen and oxygen atoms in total. The number of hydrogen-bond donors (Lipinski definition) is 1. The van der Waals surface area contributed by atoms with Crippen LogP contribution in [0.5, 0.6) is 0 Å². The Morgan fingerprint density at radius 3 is 2.48 bits per heavy atom. The molecule has 0 aliphatic carbocycles. The van der Waals surface area contributed by atoms with Crippen molar-refractivity contribution in [2.75, 3.05) is 5.32 Å². The average molecular weight is 440 g/mol. The number of aromatic nitrogens is 1. The lowest BCUT2D eigenvalue weighted by atomic mass is 10.1. The second-order valence-corrected chi connectivity index (χ2v) is 7.09. The number of para-hydroxylation sites is 1. The molecule has 0 spiro atoms. The van der Waals surface area contributed by atoms with Crippen LogP contribution in [0.15, 0.2) is 66.7 Å². The number of hydrogen-bond acceptors (Lipinski definition) is 1. The van der Waals surface area contributed by atoms with E-state index in [1.807, 2.05) is 30.3 Å². The Morgan fingerprint density at radius 1 is 0.960 bits per heavy atom. The smallest absolute Gasteiger partial charge is 0.256 e. The largest absolute Gasteiger partial charge is 0.341 e. The minimum Gasteiger partial charge on any atom is -0.341 e. The Labute approximate surface area is 159 Å². The maximum absolute atomic E-state index is 12.6. The maximum atomic E-state index is 12.6. The van der Waals surface area contributed by atoms with Crippen LogP contribution < -0.4 is 5.32 Å². The van der Waals surface area contributed by atoms with Gasteiger partial charge in [0.25, 0.3) is 5.91 Å². The summed E-state index contributed by atoms with van der Waals surface area (Å²) in [6, 6.07) is 22.1. The number of amides is 1. The van der Waals surface area contributed by atoms with Crippen LogP contribution in [-0.4, -0.2) is 10.5 Å². The Hall–Kier alpha value is -2.34. The molecule has 1 N–H and O–H groups in total. The van der Waals surface area contributed by atoms with Crippen molar-refractivity contribution in [1.29, 1.82) is 0 Å². The third kappa shape index (κ3) is 2.80. The number of nitrogens with one attached hydrogen (secondary N) is 1. The molecule has 0 unspecified atom stereocenters. The highest BCUT2D eigenvalue weighted by Gasteiger charge is 2.12. The van der Waals surface area contributed by atoms with Crippen LogP contribution in [0.25, 0.3) is 21.8 Å². The molecule has 25 heavy (non-hydrogen) atoms. The third-order valence-electron chi connectivity index (χ3n) is 4.46. The summed E-state index contributed by atoms with van der Waals surface area (Å²) in [7, 11) is 0. The van der Waals surface area contributed by atoms with Crippen LogP contribution in [0.3, 0.4) is 0 Å². The minimum atomic E-state index is -0.0800. The van der Waals surface area contributed by atoms with E-state index in [0.717, 1.165) is 21.2 Å². The molecule has 1 heterocycles. The lowest BCUT2D eigenvalue weighted by molar-refractivity contribution is 0.102. The molecule has 0 atom stereocenters. The molecule has 4 rings (SSSR count). The predicted octanol–water partition coefficient (Wildman–Crippen LogP) is 5.67. The van der Waals surface area contributed by atoms with Gasteiger partial charge in [-0.1, -0.05) is 30.3 Å². The molecule has 124 valence electrons. The van der Waals surface area contributed by atoms with Crippen LogP contribution in [0, 0.1) is 3.57 Å². The van der Waals surface area contributed by atoms with E-state index in [1.165, 1.54) is 16.4 Å². The van der Waals surface area contributed by atoms with Crippen molar-refractivity contribution in [1.82, 2.24) is 4.57 Å². The zero-order valence-corrected chi connectivity index (χ0v) is 15.9. The van der Waals surface area contributed by atoms with E-state index in [9.17, 15) is 4.79 Å². The number of carbonyl (C=O) groups is 1. The lowest BCUT2D eigenvalue weighted by Gasteiger charge is -2.08. The normalized spacial score (nSPS) is 11.1. The van der Waals surface area contributed by atoms with Gasteiger partial charge in [-0.3, -0.25) is 4.79 Å². The number of carbonyl (C=O) groups excluding carboxylic acids is 1. The van der Waals surface area contributed by atoms with Crippen molar-refractivity contribution in [2.45, 2.75) is 13.5 Å². The SMILES string of the molecule is CCn1c2ccccc2c2cc(NC(=O)c3ccccc3I)ccc21. The number of nitrogens with zero attached hydrogens (tertiary/aromatic N) is 1. The summed E-state index contributed by atoms with van der Waals surface area (Å²) in [6.07, 6.45) is 0. The van der Waals surface area contributed by atoms with Crippen molar-refractivity contribution in [2.24, 2.45) is 0 Å². The fourth-order valence-electron chi connectivity index (χ4n) is 3.32. The van der Waals surface area contributed by atoms with Gasteiger partial charge in [0.05, 0.1) is 5.56 Å². The predicted molar refractivity (Wildman–Crippen MR) is 112 cm³/mol. The molecule has 4 heteroatoms. The van der Waals surface area contributed by atoms with E-state index in [4.69, 9.17) is 0 Å². The molecule has 0 radical (unpaired) electrons. The van der Waals surface area contributed by atoms with E-state index in [0.29, 0.717) is 5.56 Å². The summed E-state index contributed by atoms with van der Waals surface area (Å²) < 4.78 is 3.25. The molecular weight excluding hydrogens is 423 g/mol. The Balaban J connectivity index is 1.78. The second-order valence-electron chi connectivity index (χ2n) is 5.93. The molecule has 0 aliphatic heterocycles. The molecule has 4 aromatic rings. The van der Waals surface area contributed by atoms with E-state index in [2.05, 4.69) is 75.8 Å². The summed E-state index contributed by atoms with van der Waals surface area (Å²) in [5.74, 6) is -0.0800. The molecule has 0 bridgehead atoms. The first-order valence-electron chi connectivity index (χ1n) is 8.26. The Bertz CT molecular complexity index is 1100. The topological polar surface area (TPSA) is 34.0 Å². The van der Waals surface area contributed by atoms with E-state index in [-0.39, 0.29) is 5.91 Å². The summed E-state index contributed by atoms with van der Waals surface area (Å²) in [5.41, 5.74) is 3.92. The first-order valence-corrected chi connectivity index (χ1v) is 9.34. The summed E-state index contributed by atoms with van der Waals surface area (Å²) in [4.78, 5) is 12.6. The first kappa shape index (κ1) is 16.1. The highest BCUT2D eigenvalue weighted by molar-refractivity contribution is 14.1. The number of fused-ring (bicyclic) bond motifs is 3. The average Bonchev–Trinajstić information content (AvgIpc) is 2.95. The van der Waals surface area contributed by atoms with Crippen molar-refractivity contribution in [3.63, 3.8) is 0 Å². The van der Waals surface area contributed by atoms with Crippen molar-refractivity contribution >= 4 is 56.0 Å². The summed E-state index contributed by atoms with van der Waals surface area (Å²) in [5, 5.41) is 5.41. The molecule has 0 saturated heterocycles. The van der Waals surface area contributed by atoms with Gasteiger partial charge >= 0.3 is 0 Å². The maximum Gasteiger partial charge on any atom is 0.256 e. The molecule has 3 aromatic carbocycles. The highest BCUT2D eigenvalue weighted by atomic mass is 127. The molecule has 0 aliphatic rings. The van der Waals surface area contributed by atoms with Gasteiger partial charge in [-0.15, -0.1) is 0 Å². The van der Waals surface area contributed by atoms with Crippen LogP contribution in [0.4, 0.5) is 5.69 Å². The molecule has 1 amide bonds. The standard InChI is InChI=1S/C21H17IN2O/c1-2-24-19-10-6-4-7-15(19)17-13-14(11-12-20(17)24)23-21(25)16-8-3-5-9-18(16)22/h3-13H,2H2,1H3,(H,23,25). The number of halogens is 1. The van der Waals surface area contributed by atoms with Gasteiger partial charge in [0.1, 0.15) is 0 Å². The monoisotopic (exact) mass is 440 g/mol. The highest BCUT2D eigenvalue weighted by Crippen LogP contribution is 2.31. The third-order valence-corrected chi connectivity index (χ3v) is 5.41. The quantitative estimate of drug-likeness (QED) is 0.409. The zero-order valence-electron chi connectivity index (χ0n) is 13.8. The van der Waals surface area contributed by atoms with E-state index >= 15 is 0 Å². The number of benzene rings is 3. The van der Waals surface area contributed by atoms with Gasteiger partial charge in [0.15, 0.2) is 0 Å².